The molecule has 1 aliphatic rings. The van der Waals surface area contributed by atoms with Gasteiger partial charge >= 0.3 is 11.9 Å². The van der Waals surface area contributed by atoms with Crippen LogP contribution in [0.5, 0.6) is 0 Å². The number of fused-ring (bicyclic) bond motifs is 1. The van der Waals surface area contributed by atoms with E-state index >= 15 is 0 Å². The van der Waals surface area contributed by atoms with Crippen molar-refractivity contribution in [3.8, 4) is 11.3 Å². The zero-order chi connectivity index (χ0) is 33.1. The number of ether oxygens (including phenoxy) is 1. The van der Waals surface area contributed by atoms with Gasteiger partial charge in [-0.25, -0.2) is 9.59 Å². The van der Waals surface area contributed by atoms with Gasteiger partial charge in [0.25, 0.3) is 0 Å². The van der Waals surface area contributed by atoms with E-state index in [2.05, 4.69) is 36.2 Å². The van der Waals surface area contributed by atoms with E-state index in [-0.39, 0.29) is 40.7 Å². The van der Waals surface area contributed by atoms with E-state index in [0.717, 1.165) is 11.1 Å². The average molecular weight is 621 g/mol. The van der Waals surface area contributed by atoms with Crippen molar-refractivity contribution in [3.05, 3.63) is 128 Å². The maximum absolute atomic E-state index is 14.1. The fourth-order valence-corrected chi connectivity index (χ4v) is 6.34. The minimum atomic E-state index is -1.19. The van der Waals surface area contributed by atoms with Gasteiger partial charge in [-0.1, -0.05) is 86.6 Å². The number of aliphatic carboxylic acids is 1. The molecule has 0 spiro atoms. The number of allylic oxidation sites excluding steroid dienone is 2. The summed E-state index contributed by atoms with van der Waals surface area (Å²) in [5.41, 5.74) is 3.73. The van der Waals surface area contributed by atoms with Crippen LogP contribution in [0.1, 0.15) is 50.3 Å². The van der Waals surface area contributed by atoms with Gasteiger partial charge in [0.2, 0.25) is 0 Å². The van der Waals surface area contributed by atoms with Gasteiger partial charge in [-0.3, -0.25) is 9.69 Å². The Bertz CT molecular complexity index is 1890. The molecule has 46 heavy (non-hydrogen) atoms. The molecular weight excluding hydrogens is 580 g/mol. The van der Waals surface area contributed by atoms with Crippen molar-refractivity contribution in [2.75, 3.05) is 13.7 Å². The number of carbonyl (C=O) groups is 2. The van der Waals surface area contributed by atoms with E-state index in [0.29, 0.717) is 40.2 Å². The summed E-state index contributed by atoms with van der Waals surface area (Å²) in [7, 11) is 2.00. The number of nitrogens with one attached hydrogen (secondary N) is 1. The summed E-state index contributed by atoms with van der Waals surface area (Å²) < 4.78 is 12.5. The quantitative estimate of drug-likeness (QED) is 0.187. The number of esters is 1. The lowest BCUT2D eigenvalue weighted by molar-refractivity contribution is -0.141. The number of dihydropyridines is 1. The molecule has 2 heterocycles. The molecule has 0 fully saturated rings. The molecule has 0 saturated carbocycles. The largest absolute Gasteiger partial charge is 0.478 e. The Labute approximate surface area is 269 Å². The fraction of sp³-hybridized carbons (Fsp3) is 0.289. The Morgan fingerprint density at radius 3 is 2.17 bits per heavy atom. The van der Waals surface area contributed by atoms with E-state index in [9.17, 15) is 19.5 Å². The van der Waals surface area contributed by atoms with E-state index in [1.807, 2.05) is 55.6 Å². The van der Waals surface area contributed by atoms with Crippen LogP contribution in [0.3, 0.4) is 0 Å². The van der Waals surface area contributed by atoms with Crippen LogP contribution in [-0.4, -0.2) is 41.6 Å². The normalized spacial score (nSPS) is 15.8. The molecule has 0 bridgehead atoms. The molecule has 0 saturated heterocycles. The molecule has 8 heteroatoms. The van der Waals surface area contributed by atoms with Gasteiger partial charge in [-0.05, 0) is 45.4 Å². The lowest BCUT2D eigenvalue weighted by atomic mass is 9.79. The third kappa shape index (κ3) is 6.39. The molecule has 0 radical (unpaired) electrons. The highest BCUT2D eigenvalue weighted by molar-refractivity contribution is 6.01. The minimum Gasteiger partial charge on any atom is -0.478 e. The zero-order valence-corrected chi connectivity index (χ0v) is 27.1. The standard InChI is InChI=1S/C38H40N2O6/c1-22(2)30(40(6)20-26-14-9-7-10-15-26)21-45-38(44)32-25(5)39-24(4)31(37(42)43)33(32)28-18-13-19-29-34(41)23(3)35(46-36(28)29)27-16-11-8-12-17-27/h7-19,22,30,33,39H,20-21H2,1-6H3,(H,42,43). The number of carboxylic acid groups (broad SMARTS) is 1. The number of carboxylic acids is 1. The van der Waals surface area contributed by atoms with Crippen LogP contribution >= 0.6 is 0 Å². The van der Waals surface area contributed by atoms with E-state index in [1.54, 1.807) is 39.0 Å². The zero-order valence-electron chi connectivity index (χ0n) is 27.1. The van der Waals surface area contributed by atoms with Crippen molar-refractivity contribution in [1.29, 1.82) is 0 Å². The van der Waals surface area contributed by atoms with E-state index in [4.69, 9.17) is 9.15 Å². The summed E-state index contributed by atoms with van der Waals surface area (Å²) >= 11 is 0. The average Bonchev–Trinajstić information content (AvgIpc) is 3.02. The molecule has 2 N–H and O–H groups in total. The highest BCUT2D eigenvalue weighted by Crippen LogP contribution is 2.42. The first-order chi connectivity index (χ1) is 22.0. The number of hydrogen-bond donors (Lipinski definition) is 2. The molecule has 2 atom stereocenters. The second kappa shape index (κ2) is 13.6. The van der Waals surface area contributed by atoms with Gasteiger partial charge in [-0.15, -0.1) is 0 Å². The number of carbonyl (C=O) groups excluding carboxylic acids is 1. The molecule has 0 aliphatic carbocycles. The fourth-order valence-electron chi connectivity index (χ4n) is 6.34. The van der Waals surface area contributed by atoms with Gasteiger partial charge in [0.05, 0.1) is 22.5 Å². The lowest BCUT2D eigenvalue weighted by Gasteiger charge is -2.33. The third-order valence-corrected chi connectivity index (χ3v) is 8.73. The second-order valence-corrected chi connectivity index (χ2v) is 12.2. The summed E-state index contributed by atoms with van der Waals surface area (Å²) in [6.45, 7) is 10.0. The van der Waals surface area contributed by atoms with Crippen LogP contribution in [0.4, 0.5) is 0 Å². The van der Waals surface area contributed by atoms with Crippen molar-refractivity contribution < 1.29 is 23.8 Å². The van der Waals surface area contributed by atoms with Crippen LogP contribution in [-0.2, 0) is 20.9 Å². The minimum absolute atomic E-state index is 0.0175. The first-order valence-electron chi connectivity index (χ1n) is 15.4. The maximum Gasteiger partial charge on any atom is 0.336 e. The van der Waals surface area contributed by atoms with Crippen LogP contribution < -0.4 is 10.7 Å². The predicted octanol–water partition coefficient (Wildman–Crippen LogP) is 6.79. The number of hydrogen-bond acceptors (Lipinski definition) is 7. The molecular formula is C38H40N2O6. The Morgan fingerprint density at radius 2 is 1.54 bits per heavy atom. The predicted molar refractivity (Wildman–Crippen MR) is 179 cm³/mol. The van der Waals surface area contributed by atoms with Crippen LogP contribution in [0, 0.1) is 12.8 Å². The van der Waals surface area contributed by atoms with Crippen molar-refractivity contribution in [2.24, 2.45) is 5.92 Å². The summed E-state index contributed by atoms with van der Waals surface area (Å²) in [6.07, 6.45) is 0. The third-order valence-electron chi connectivity index (χ3n) is 8.73. The van der Waals surface area contributed by atoms with Crippen LogP contribution in [0.15, 0.2) is 111 Å². The number of rotatable bonds is 10. The number of para-hydroxylation sites is 1. The van der Waals surface area contributed by atoms with Crippen LogP contribution in [0.2, 0.25) is 0 Å². The molecule has 1 aromatic heterocycles. The molecule has 238 valence electrons. The van der Waals surface area contributed by atoms with E-state index in [1.165, 1.54) is 0 Å². The first-order valence-corrected chi connectivity index (χ1v) is 15.4. The molecule has 8 nitrogen and oxygen atoms in total. The van der Waals surface area contributed by atoms with Gasteiger partial charge in [-0.2, -0.15) is 0 Å². The lowest BCUT2D eigenvalue weighted by Crippen LogP contribution is -2.40. The molecule has 2 unspecified atom stereocenters. The molecule has 0 amide bonds. The van der Waals surface area contributed by atoms with Crippen molar-refractivity contribution >= 4 is 22.9 Å². The monoisotopic (exact) mass is 620 g/mol. The summed E-state index contributed by atoms with van der Waals surface area (Å²) in [5, 5.41) is 13.9. The molecule has 1 aliphatic heterocycles. The Kier molecular flexibility index (Phi) is 9.58. The molecule has 3 aromatic carbocycles. The Morgan fingerprint density at radius 1 is 0.913 bits per heavy atom. The molecule has 4 aromatic rings. The second-order valence-electron chi connectivity index (χ2n) is 12.2. The van der Waals surface area contributed by atoms with Crippen molar-refractivity contribution in [1.82, 2.24) is 10.2 Å². The summed E-state index contributed by atoms with van der Waals surface area (Å²) in [4.78, 5) is 42.7. The first kappa shape index (κ1) is 32.4. The maximum atomic E-state index is 14.1. The van der Waals surface area contributed by atoms with Gasteiger partial charge in [0, 0.05) is 40.7 Å². The Hall–Kier alpha value is -4.95. The van der Waals surface area contributed by atoms with Crippen molar-refractivity contribution in [3.63, 3.8) is 0 Å². The summed E-state index contributed by atoms with van der Waals surface area (Å²) in [5.74, 6) is -2.31. The smallest absolute Gasteiger partial charge is 0.336 e. The Balaban J connectivity index is 1.57. The highest BCUT2D eigenvalue weighted by atomic mass is 16.5. The summed E-state index contributed by atoms with van der Waals surface area (Å²) in [6, 6.07) is 24.3. The van der Waals surface area contributed by atoms with Gasteiger partial charge < -0.3 is 19.6 Å². The topological polar surface area (TPSA) is 109 Å². The number of likely N-dealkylation sites (N-methyl/N-ethyl adjacent to an activating group) is 1. The van der Waals surface area contributed by atoms with Crippen LogP contribution in [0.25, 0.3) is 22.3 Å². The molecule has 5 rings (SSSR count). The van der Waals surface area contributed by atoms with Gasteiger partial charge in [0.15, 0.2) is 5.43 Å². The van der Waals surface area contributed by atoms with E-state index < -0.39 is 17.9 Å². The van der Waals surface area contributed by atoms with Gasteiger partial charge in [0.1, 0.15) is 18.0 Å². The van der Waals surface area contributed by atoms with Crippen molar-refractivity contribution in [2.45, 2.75) is 53.1 Å². The SMILES string of the molecule is CC1=C(C(=O)O)C(c2cccc3c(=O)c(C)c(-c4ccccc4)oc23)C(C(=O)OCC(C(C)C)N(C)Cc2ccccc2)=C(C)N1. The number of nitrogens with zero attached hydrogens (tertiary/aromatic N) is 1. The number of benzene rings is 3. The highest BCUT2D eigenvalue weighted by Gasteiger charge is 2.39.